The van der Waals surface area contributed by atoms with Gasteiger partial charge in [-0.3, -0.25) is 4.79 Å². The maximum absolute atomic E-state index is 11.5. The molecule has 0 heterocycles. The summed E-state index contributed by atoms with van der Waals surface area (Å²) in [6.07, 6.45) is 0.450. The van der Waals surface area contributed by atoms with Gasteiger partial charge in [-0.1, -0.05) is 6.07 Å². The summed E-state index contributed by atoms with van der Waals surface area (Å²) in [5, 5.41) is 6.12. The molecule has 2 N–H and O–H groups in total. The third-order valence-electron chi connectivity index (χ3n) is 3.11. The Kier molecular flexibility index (Phi) is 8.34. The van der Waals surface area contributed by atoms with Crippen molar-refractivity contribution in [3.63, 3.8) is 0 Å². The average Bonchev–Trinajstić information content (AvgIpc) is 2.47. The lowest BCUT2D eigenvalue weighted by molar-refractivity contribution is -0.121. The average molecular weight is 359 g/mol. The molecule has 1 rings (SSSR count). The van der Waals surface area contributed by atoms with Crippen LogP contribution >= 0.6 is 15.9 Å². The van der Waals surface area contributed by atoms with Gasteiger partial charge in [0.1, 0.15) is 5.75 Å². The highest BCUT2D eigenvalue weighted by Gasteiger charge is 2.08. The molecule has 0 aliphatic rings. The van der Waals surface area contributed by atoms with Gasteiger partial charge in [-0.25, -0.2) is 0 Å². The van der Waals surface area contributed by atoms with Crippen LogP contribution in [-0.4, -0.2) is 39.8 Å². The molecule has 21 heavy (non-hydrogen) atoms. The summed E-state index contributed by atoms with van der Waals surface area (Å²) in [6.45, 7) is 3.78. The molecular formula is C15H23BrN2O3. The molecule has 1 aromatic rings. The summed E-state index contributed by atoms with van der Waals surface area (Å²) in [5.74, 6) is 0.839. The van der Waals surface area contributed by atoms with Crippen LogP contribution in [0.3, 0.4) is 0 Å². The molecule has 0 bridgehead atoms. The third-order valence-corrected chi connectivity index (χ3v) is 3.73. The van der Waals surface area contributed by atoms with E-state index in [9.17, 15) is 4.79 Å². The molecular weight excluding hydrogens is 336 g/mol. The molecule has 1 aromatic carbocycles. The van der Waals surface area contributed by atoms with E-state index in [4.69, 9.17) is 9.47 Å². The van der Waals surface area contributed by atoms with Crippen LogP contribution in [-0.2, 0) is 9.53 Å². The lowest BCUT2D eigenvalue weighted by Crippen LogP contribution is -2.30. The van der Waals surface area contributed by atoms with Crippen LogP contribution in [0.25, 0.3) is 0 Å². The number of carbonyl (C=O) groups excluding carboxylic acids is 1. The molecule has 1 amide bonds. The van der Waals surface area contributed by atoms with Gasteiger partial charge >= 0.3 is 0 Å². The lowest BCUT2D eigenvalue weighted by atomic mass is 10.1. The minimum atomic E-state index is 0.0302. The van der Waals surface area contributed by atoms with Gasteiger partial charge in [-0.2, -0.15) is 0 Å². The quantitative estimate of drug-likeness (QED) is 0.664. The number of amides is 1. The predicted molar refractivity (Wildman–Crippen MR) is 86.6 cm³/mol. The Hall–Kier alpha value is -1.11. The number of hydrogen-bond acceptors (Lipinski definition) is 4. The first-order valence-corrected chi connectivity index (χ1v) is 7.70. The minimum absolute atomic E-state index is 0.0302. The Labute approximate surface area is 134 Å². The second kappa shape index (κ2) is 9.76. The summed E-state index contributed by atoms with van der Waals surface area (Å²) >= 11 is 3.47. The molecule has 0 aromatic heterocycles. The second-order valence-corrected chi connectivity index (χ2v) is 5.52. The molecule has 1 unspecified atom stereocenters. The van der Waals surface area contributed by atoms with E-state index in [1.54, 1.807) is 14.2 Å². The van der Waals surface area contributed by atoms with Crippen molar-refractivity contribution in [2.24, 2.45) is 0 Å². The fourth-order valence-electron chi connectivity index (χ4n) is 1.85. The SMILES string of the molecule is COCCNC(=O)CCNC(C)c1ccc(OC)c(Br)c1. The summed E-state index contributed by atoms with van der Waals surface area (Å²) in [6, 6.07) is 6.13. The first-order chi connectivity index (χ1) is 10.1. The zero-order valence-corrected chi connectivity index (χ0v) is 14.3. The van der Waals surface area contributed by atoms with E-state index in [2.05, 4.69) is 33.5 Å². The van der Waals surface area contributed by atoms with E-state index < -0.39 is 0 Å². The van der Waals surface area contributed by atoms with Crippen LogP contribution < -0.4 is 15.4 Å². The second-order valence-electron chi connectivity index (χ2n) is 4.66. The van der Waals surface area contributed by atoms with Gasteiger partial charge in [-0.05, 0) is 40.5 Å². The summed E-state index contributed by atoms with van der Waals surface area (Å²) in [4.78, 5) is 11.5. The molecule has 0 aliphatic heterocycles. The number of benzene rings is 1. The van der Waals surface area contributed by atoms with Crippen molar-refractivity contribution >= 4 is 21.8 Å². The van der Waals surface area contributed by atoms with E-state index in [1.807, 2.05) is 18.2 Å². The van der Waals surface area contributed by atoms with Crippen molar-refractivity contribution < 1.29 is 14.3 Å². The third kappa shape index (κ3) is 6.46. The van der Waals surface area contributed by atoms with Gasteiger partial charge in [0.05, 0.1) is 18.2 Å². The van der Waals surface area contributed by atoms with E-state index in [-0.39, 0.29) is 11.9 Å². The molecule has 0 radical (unpaired) electrons. The number of halogens is 1. The highest BCUT2D eigenvalue weighted by Crippen LogP contribution is 2.27. The maximum Gasteiger partial charge on any atom is 0.221 e. The monoisotopic (exact) mass is 358 g/mol. The molecule has 6 heteroatoms. The Balaban J connectivity index is 2.35. The zero-order chi connectivity index (χ0) is 15.7. The Bertz CT molecular complexity index is 455. The van der Waals surface area contributed by atoms with Crippen LogP contribution in [0.5, 0.6) is 5.75 Å². The zero-order valence-electron chi connectivity index (χ0n) is 12.7. The topological polar surface area (TPSA) is 59.6 Å². The molecule has 0 fully saturated rings. The largest absolute Gasteiger partial charge is 0.496 e. The Morgan fingerprint density at radius 2 is 2.10 bits per heavy atom. The molecule has 0 aliphatic carbocycles. The molecule has 118 valence electrons. The maximum atomic E-state index is 11.5. The van der Waals surface area contributed by atoms with Crippen molar-refractivity contribution in [3.8, 4) is 5.75 Å². The Morgan fingerprint density at radius 3 is 2.71 bits per heavy atom. The van der Waals surface area contributed by atoms with Gasteiger partial charge < -0.3 is 20.1 Å². The van der Waals surface area contributed by atoms with Crippen molar-refractivity contribution in [2.75, 3.05) is 33.9 Å². The van der Waals surface area contributed by atoms with E-state index in [1.165, 1.54) is 0 Å². The van der Waals surface area contributed by atoms with Gasteiger partial charge in [0.15, 0.2) is 0 Å². The van der Waals surface area contributed by atoms with Crippen LogP contribution in [0, 0.1) is 0 Å². The van der Waals surface area contributed by atoms with Crippen molar-refractivity contribution in [2.45, 2.75) is 19.4 Å². The van der Waals surface area contributed by atoms with Crippen molar-refractivity contribution in [1.82, 2.24) is 10.6 Å². The molecule has 1 atom stereocenters. The first-order valence-electron chi connectivity index (χ1n) is 6.91. The number of methoxy groups -OCH3 is 2. The fraction of sp³-hybridized carbons (Fsp3) is 0.533. The molecule has 5 nitrogen and oxygen atoms in total. The van der Waals surface area contributed by atoms with Crippen LogP contribution in [0.2, 0.25) is 0 Å². The van der Waals surface area contributed by atoms with Gasteiger partial charge in [-0.15, -0.1) is 0 Å². The highest BCUT2D eigenvalue weighted by atomic mass is 79.9. The minimum Gasteiger partial charge on any atom is -0.496 e. The highest BCUT2D eigenvalue weighted by molar-refractivity contribution is 9.10. The predicted octanol–water partition coefficient (Wildman–Crippen LogP) is 2.26. The number of nitrogens with one attached hydrogen (secondary N) is 2. The van der Waals surface area contributed by atoms with Crippen LogP contribution in [0.15, 0.2) is 22.7 Å². The van der Waals surface area contributed by atoms with E-state index in [0.29, 0.717) is 26.1 Å². The smallest absolute Gasteiger partial charge is 0.221 e. The van der Waals surface area contributed by atoms with Gasteiger partial charge in [0, 0.05) is 32.7 Å². The summed E-state index contributed by atoms with van der Waals surface area (Å²) in [7, 11) is 3.26. The Morgan fingerprint density at radius 1 is 1.33 bits per heavy atom. The van der Waals surface area contributed by atoms with Crippen LogP contribution in [0.4, 0.5) is 0 Å². The summed E-state index contributed by atoms with van der Waals surface area (Å²) < 4.78 is 11.0. The normalized spacial score (nSPS) is 12.0. The summed E-state index contributed by atoms with van der Waals surface area (Å²) in [5.41, 5.74) is 1.14. The molecule has 0 saturated carbocycles. The van der Waals surface area contributed by atoms with Gasteiger partial charge in [0.2, 0.25) is 5.91 Å². The lowest BCUT2D eigenvalue weighted by Gasteiger charge is -2.15. The number of rotatable bonds is 9. The van der Waals surface area contributed by atoms with E-state index in [0.717, 1.165) is 15.8 Å². The first kappa shape index (κ1) is 17.9. The number of hydrogen-bond donors (Lipinski definition) is 2. The fourth-order valence-corrected chi connectivity index (χ4v) is 2.41. The molecule has 0 saturated heterocycles. The number of carbonyl (C=O) groups is 1. The van der Waals surface area contributed by atoms with Crippen molar-refractivity contribution in [3.05, 3.63) is 28.2 Å². The van der Waals surface area contributed by atoms with E-state index >= 15 is 0 Å². The molecule has 0 spiro atoms. The van der Waals surface area contributed by atoms with Crippen molar-refractivity contribution in [1.29, 1.82) is 0 Å². The van der Waals surface area contributed by atoms with Crippen LogP contribution in [0.1, 0.15) is 24.9 Å². The van der Waals surface area contributed by atoms with Gasteiger partial charge in [0.25, 0.3) is 0 Å². The number of ether oxygens (including phenoxy) is 2. The standard InChI is InChI=1S/C15H23BrN2O3/c1-11(12-4-5-14(21-3)13(16)10-12)17-7-6-15(19)18-8-9-20-2/h4-5,10-11,17H,6-9H2,1-3H3,(H,18,19).